The van der Waals surface area contributed by atoms with E-state index in [1.165, 1.54) is 4.88 Å². The monoisotopic (exact) mass is 241 g/mol. The third kappa shape index (κ3) is 2.20. The minimum Gasteiger partial charge on any atom is -0.450 e. The summed E-state index contributed by atoms with van der Waals surface area (Å²) >= 11 is 1.63. The summed E-state index contributed by atoms with van der Waals surface area (Å²) in [6.07, 6.45) is -0.132. The smallest absolute Gasteiger partial charge is 0.409 e. The summed E-state index contributed by atoms with van der Waals surface area (Å²) in [5.74, 6) is 0. The van der Waals surface area contributed by atoms with Gasteiger partial charge in [-0.2, -0.15) is 0 Å². The van der Waals surface area contributed by atoms with Crippen LogP contribution in [0.5, 0.6) is 0 Å². The second-order valence-corrected chi connectivity index (χ2v) is 4.71. The molecular formula is C11H15NO3S. The number of hydrogen-bond acceptors (Lipinski definition) is 4. The molecular weight excluding hydrogens is 226 g/mol. The van der Waals surface area contributed by atoms with E-state index in [2.05, 4.69) is 0 Å². The van der Waals surface area contributed by atoms with Crippen LogP contribution in [0.25, 0.3) is 0 Å². The van der Waals surface area contributed by atoms with E-state index in [9.17, 15) is 9.90 Å². The van der Waals surface area contributed by atoms with E-state index in [0.29, 0.717) is 19.7 Å². The number of ether oxygens (including phenoxy) is 1. The Morgan fingerprint density at radius 1 is 1.75 bits per heavy atom. The number of rotatable bonds is 1. The highest BCUT2D eigenvalue weighted by molar-refractivity contribution is 7.10. The molecule has 4 nitrogen and oxygen atoms in total. The molecule has 0 saturated carbocycles. The molecule has 0 saturated heterocycles. The lowest BCUT2D eigenvalue weighted by molar-refractivity contribution is 0.0797. The molecule has 1 aliphatic rings. The molecule has 1 aromatic rings. The fourth-order valence-electron chi connectivity index (χ4n) is 1.87. The Morgan fingerprint density at radius 3 is 3.31 bits per heavy atom. The van der Waals surface area contributed by atoms with Gasteiger partial charge in [-0.25, -0.2) is 4.79 Å². The molecule has 0 fully saturated rings. The van der Waals surface area contributed by atoms with Gasteiger partial charge in [0.25, 0.3) is 0 Å². The van der Waals surface area contributed by atoms with Crippen molar-refractivity contribution in [1.82, 2.24) is 4.90 Å². The van der Waals surface area contributed by atoms with Crippen molar-refractivity contribution in [2.45, 2.75) is 19.4 Å². The summed E-state index contributed by atoms with van der Waals surface area (Å²) in [4.78, 5) is 14.3. The second-order valence-electron chi connectivity index (χ2n) is 3.71. The second kappa shape index (κ2) is 4.84. The van der Waals surface area contributed by atoms with Crippen LogP contribution < -0.4 is 0 Å². The van der Waals surface area contributed by atoms with Crippen molar-refractivity contribution >= 4 is 17.4 Å². The van der Waals surface area contributed by atoms with Crippen LogP contribution in [0.4, 0.5) is 4.79 Å². The number of carbonyl (C=O) groups is 1. The summed E-state index contributed by atoms with van der Waals surface area (Å²) in [5.41, 5.74) is 0.955. The Labute approximate surface area is 98.4 Å². The highest BCUT2D eigenvalue weighted by Gasteiger charge is 2.25. The Bertz CT molecular complexity index is 377. The Kier molecular flexibility index (Phi) is 3.46. The lowest BCUT2D eigenvalue weighted by Crippen LogP contribution is -2.35. The molecule has 2 rings (SSSR count). The van der Waals surface area contributed by atoms with E-state index in [1.807, 2.05) is 11.4 Å². The van der Waals surface area contributed by atoms with Crippen LogP contribution in [-0.4, -0.2) is 35.8 Å². The van der Waals surface area contributed by atoms with E-state index in [-0.39, 0.29) is 6.09 Å². The van der Waals surface area contributed by atoms with Crippen LogP contribution in [0.2, 0.25) is 0 Å². The summed E-state index contributed by atoms with van der Waals surface area (Å²) in [6, 6.07) is 1.93. The first-order valence-electron chi connectivity index (χ1n) is 5.38. The standard InChI is InChI=1S/C11H15NO3S/c1-2-15-11(14)12-5-3-10-8(4-6-16-10)9(13)7-12/h4,6,9,13H,2-3,5,7H2,1H3/t9-/m0/s1. The van der Waals surface area contributed by atoms with Crippen LogP contribution in [0.1, 0.15) is 23.5 Å². The lowest BCUT2D eigenvalue weighted by Gasteiger charge is -2.21. The van der Waals surface area contributed by atoms with E-state index < -0.39 is 6.10 Å². The van der Waals surface area contributed by atoms with E-state index in [1.54, 1.807) is 23.2 Å². The van der Waals surface area contributed by atoms with Gasteiger partial charge in [0.1, 0.15) is 0 Å². The van der Waals surface area contributed by atoms with Crippen molar-refractivity contribution in [3.05, 3.63) is 21.9 Å². The van der Waals surface area contributed by atoms with Gasteiger partial charge in [-0.3, -0.25) is 0 Å². The molecule has 0 radical (unpaired) electrons. The summed E-state index contributed by atoms with van der Waals surface area (Å²) in [7, 11) is 0. The van der Waals surface area contributed by atoms with Crippen LogP contribution in [-0.2, 0) is 11.2 Å². The third-order valence-corrected chi connectivity index (χ3v) is 3.66. The molecule has 0 spiro atoms. The van der Waals surface area contributed by atoms with Gasteiger partial charge < -0.3 is 14.7 Å². The fraction of sp³-hybridized carbons (Fsp3) is 0.545. The largest absolute Gasteiger partial charge is 0.450 e. The average molecular weight is 241 g/mol. The maximum Gasteiger partial charge on any atom is 0.409 e. The maximum absolute atomic E-state index is 11.6. The van der Waals surface area contributed by atoms with Gasteiger partial charge in [0.2, 0.25) is 0 Å². The predicted octanol–water partition coefficient (Wildman–Crippen LogP) is 1.80. The zero-order valence-electron chi connectivity index (χ0n) is 9.18. The van der Waals surface area contributed by atoms with E-state index in [0.717, 1.165) is 12.0 Å². The van der Waals surface area contributed by atoms with Crippen molar-refractivity contribution in [3.8, 4) is 0 Å². The molecule has 0 aliphatic carbocycles. The topological polar surface area (TPSA) is 49.8 Å². The number of amides is 1. The van der Waals surface area contributed by atoms with E-state index in [4.69, 9.17) is 4.74 Å². The molecule has 5 heteroatoms. The summed E-state index contributed by atoms with van der Waals surface area (Å²) in [5, 5.41) is 12.0. The Morgan fingerprint density at radius 2 is 2.56 bits per heavy atom. The highest BCUT2D eigenvalue weighted by atomic mass is 32.1. The number of aliphatic hydroxyl groups excluding tert-OH is 1. The minimum atomic E-state index is -0.590. The number of nitrogens with zero attached hydrogens (tertiary/aromatic N) is 1. The maximum atomic E-state index is 11.6. The molecule has 0 unspecified atom stereocenters. The molecule has 1 amide bonds. The van der Waals surface area contributed by atoms with Crippen molar-refractivity contribution in [3.63, 3.8) is 0 Å². The third-order valence-electron chi connectivity index (χ3n) is 2.67. The van der Waals surface area contributed by atoms with Crippen LogP contribution >= 0.6 is 11.3 Å². The molecule has 88 valence electrons. The highest BCUT2D eigenvalue weighted by Crippen LogP contribution is 2.28. The average Bonchev–Trinajstić information content (AvgIpc) is 2.66. The summed E-state index contributed by atoms with van der Waals surface area (Å²) < 4.78 is 4.94. The Hall–Kier alpha value is -1.07. The van der Waals surface area contributed by atoms with Crippen LogP contribution in [0.3, 0.4) is 0 Å². The molecule has 1 N–H and O–H groups in total. The van der Waals surface area contributed by atoms with Gasteiger partial charge in [0, 0.05) is 11.4 Å². The van der Waals surface area contributed by atoms with Crippen molar-refractivity contribution < 1.29 is 14.6 Å². The van der Waals surface area contributed by atoms with Gasteiger partial charge in [-0.1, -0.05) is 0 Å². The number of fused-ring (bicyclic) bond motifs is 1. The minimum absolute atomic E-state index is 0.322. The molecule has 1 aromatic heterocycles. The number of hydrogen-bond donors (Lipinski definition) is 1. The predicted molar refractivity (Wildman–Crippen MR) is 61.6 cm³/mol. The SMILES string of the molecule is CCOC(=O)N1CCc2sccc2[C@@H](O)C1. The normalized spacial score (nSPS) is 20.1. The molecule has 2 heterocycles. The van der Waals surface area contributed by atoms with Crippen molar-refractivity contribution in [2.75, 3.05) is 19.7 Å². The molecule has 1 atom stereocenters. The first-order valence-corrected chi connectivity index (χ1v) is 6.26. The number of carbonyl (C=O) groups excluding carboxylic acids is 1. The number of β-amino-alcohol motifs (C(OH)–C–C–N with tert-alkyl or cyclic N) is 1. The van der Waals surface area contributed by atoms with Crippen LogP contribution in [0, 0.1) is 0 Å². The van der Waals surface area contributed by atoms with Crippen molar-refractivity contribution in [2.24, 2.45) is 0 Å². The number of aliphatic hydroxyl groups is 1. The fourth-order valence-corrected chi connectivity index (χ4v) is 2.79. The lowest BCUT2D eigenvalue weighted by atomic mass is 10.1. The van der Waals surface area contributed by atoms with E-state index >= 15 is 0 Å². The van der Waals surface area contributed by atoms with Gasteiger partial charge in [0.05, 0.1) is 19.3 Å². The quantitative estimate of drug-likeness (QED) is 0.815. The molecule has 0 bridgehead atoms. The van der Waals surface area contributed by atoms with Crippen molar-refractivity contribution in [1.29, 1.82) is 0 Å². The van der Waals surface area contributed by atoms with Gasteiger partial charge in [0.15, 0.2) is 0 Å². The molecule has 16 heavy (non-hydrogen) atoms. The molecule has 0 aromatic carbocycles. The summed E-state index contributed by atoms with van der Waals surface area (Å²) in [6.45, 7) is 3.09. The zero-order valence-corrected chi connectivity index (χ0v) is 10.00. The first-order chi connectivity index (χ1) is 7.72. The van der Waals surface area contributed by atoms with Crippen LogP contribution in [0.15, 0.2) is 11.4 Å². The zero-order chi connectivity index (χ0) is 11.5. The molecule has 1 aliphatic heterocycles. The Balaban J connectivity index is 2.09. The van der Waals surface area contributed by atoms with Gasteiger partial charge in [-0.15, -0.1) is 11.3 Å². The first kappa shape index (κ1) is 11.4. The van der Waals surface area contributed by atoms with Gasteiger partial charge in [-0.05, 0) is 30.4 Å². The number of thiophene rings is 1. The van der Waals surface area contributed by atoms with Gasteiger partial charge >= 0.3 is 6.09 Å².